The Kier molecular flexibility index (Phi) is 6.50. The zero-order valence-electron chi connectivity index (χ0n) is 12.3. The fourth-order valence-electron chi connectivity index (χ4n) is 1.86. The Morgan fingerprint density at radius 3 is 2.71 bits per heavy atom. The van der Waals surface area contributed by atoms with Crippen molar-refractivity contribution in [1.29, 1.82) is 0 Å². The summed E-state index contributed by atoms with van der Waals surface area (Å²) in [7, 11) is 0. The van der Waals surface area contributed by atoms with Gasteiger partial charge in [-0.05, 0) is 42.9 Å². The van der Waals surface area contributed by atoms with Gasteiger partial charge in [0.2, 0.25) is 0 Å². The zero-order chi connectivity index (χ0) is 14.9. The lowest BCUT2D eigenvalue weighted by molar-refractivity contribution is -0.123. The minimum atomic E-state index is -0.111. The molecule has 0 bridgehead atoms. The van der Waals surface area contributed by atoms with E-state index in [-0.39, 0.29) is 12.5 Å². The number of nitrogens with one attached hydrogen (secondary N) is 1. The molecule has 2 rings (SSSR count). The van der Waals surface area contributed by atoms with Crippen molar-refractivity contribution in [3.63, 3.8) is 0 Å². The highest BCUT2D eigenvalue weighted by molar-refractivity contribution is 5.77. The van der Waals surface area contributed by atoms with Crippen molar-refractivity contribution in [3.8, 4) is 5.75 Å². The average molecular weight is 292 g/mol. The van der Waals surface area contributed by atoms with Gasteiger partial charge >= 0.3 is 0 Å². The van der Waals surface area contributed by atoms with Crippen LogP contribution < -0.4 is 15.8 Å². The molecule has 5 heteroatoms. The van der Waals surface area contributed by atoms with E-state index in [4.69, 9.17) is 15.2 Å². The molecule has 0 saturated heterocycles. The number of hydrogen-bond acceptors (Lipinski definition) is 4. The van der Waals surface area contributed by atoms with Crippen LogP contribution in [0.5, 0.6) is 5.75 Å². The molecule has 0 atom stereocenters. The summed E-state index contributed by atoms with van der Waals surface area (Å²) in [5.41, 5.74) is 6.56. The first-order chi connectivity index (χ1) is 10.3. The van der Waals surface area contributed by atoms with Gasteiger partial charge in [-0.1, -0.05) is 12.1 Å². The Balaban J connectivity index is 1.49. The van der Waals surface area contributed by atoms with Gasteiger partial charge in [-0.15, -0.1) is 0 Å². The molecule has 5 nitrogen and oxygen atoms in total. The molecular formula is C16H24N2O3. The standard InChI is InChI=1S/C16H24N2O3/c17-10-13-4-6-15(7-5-13)21-12-16(19)18-8-1-9-20-11-14-2-3-14/h4-7,14H,1-3,8-12,17H2,(H,18,19). The molecule has 116 valence electrons. The van der Waals surface area contributed by atoms with Gasteiger partial charge in [-0.2, -0.15) is 0 Å². The monoisotopic (exact) mass is 292 g/mol. The third-order valence-electron chi connectivity index (χ3n) is 3.37. The van der Waals surface area contributed by atoms with Gasteiger partial charge in [0, 0.05) is 26.3 Å². The van der Waals surface area contributed by atoms with Gasteiger partial charge in [-0.25, -0.2) is 0 Å². The minimum Gasteiger partial charge on any atom is -0.484 e. The van der Waals surface area contributed by atoms with E-state index in [0.29, 0.717) is 25.4 Å². The molecule has 1 aromatic rings. The Morgan fingerprint density at radius 1 is 1.29 bits per heavy atom. The number of amides is 1. The number of carbonyl (C=O) groups excluding carboxylic acids is 1. The molecule has 0 spiro atoms. The van der Waals surface area contributed by atoms with Crippen LogP contribution in [0.15, 0.2) is 24.3 Å². The van der Waals surface area contributed by atoms with Crippen molar-refractivity contribution in [2.45, 2.75) is 25.8 Å². The summed E-state index contributed by atoms with van der Waals surface area (Å²) in [6, 6.07) is 7.43. The number of rotatable bonds is 10. The highest BCUT2D eigenvalue weighted by atomic mass is 16.5. The Bertz CT molecular complexity index is 430. The van der Waals surface area contributed by atoms with Crippen molar-refractivity contribution < 1.29 is 14.3 Å². The molecule has 1 fully saturated rings. The van der Waals surface area contributed by atoms with Crippen LogP contribution in [0.4, 0.5) is 0 Å². The zero-order valence-corrected chi connectivity index (χ0v) is 12.3. The number of nitrogens with two attached hydrogens (primary N) is 1. The Morgan fingerprint density at radius 2 is 2.05 bits per heavy atom. The smallest absolute Gasteiger partial charge is 0.257 e. The van der Waals surface area contributed by atoms with Gasteiger partial charge in [0.25, 0.3) is 5.91 Å². The highest BCUT2D eigenvalue weighted by Crippen LogP contribution is 2.28. The van der Waals surface area contributed by atoms with Crippen LogP contribution in [0, 0.1) is 5.92 Å². The van der Waals surface area contributed by atoms with Gasteiger partial charge in [0.15, 0.2) is 6.61 Å². The molecule has 1 saturated carbocycles. The maximum atomic E-state index is 11.6. The summed E-state index contributed by atoms with van der Waals surface area (Å²) < 4.78 is 10.9. The lowest BCUT2D eigenvalue weighted by atomic mass is 10.2. The lowest BCUT2D eigenvalue weighted by Crippen LogP contribution is -2.30. The van der Waals surface area contributed by atoms with Gasteiger partial charge < -0.3 is 20.5 Å². The molecule has 0 radical (unpaired) electrons. The van der Waals surface area contributed by atoms with Crippen LogP contribution in [0.3, 0.4) is 0 Å². The number of hydrogen-bond donors (Lipinski definition) is 2. The van der Waals surface area contributed by atoms with Crippen LogP contribution in [0.2, 0.25) is 0 Å². The van der Waals surface area contributed by atoms with Crippen molar-refractivity contribution in [2.24, 2.45) is 11.7 Å². The van der Waals surface area contributed by atoms with Gasteiger partial charge in [0.1, 0.15) is 5.75 Å². The third kappa shape index (κ3) is 6.60. The van der Waals surface area contributed by atoms with Crippen molar-refractivity contribution in [2.75, 3.05) is 26.4 Å². The molecule has 1 aromatic carbocycles. The molecule has 0 aliphatic heterocycles. The number of carbonyl (C=O) groups is 1. The molecule has 0 unspecified atom stereocenters. The second-order valence-electron chi connectivity index (χ2n) is 5.36. The summed E-state index contributed by atoms with van der Waals surface area (Å²) in [5.74, 6) is 1.36. The van der Waals surface area contributed by atoms with Crippen LogP contribution in [0.1, 0.15) is 24.8 Å². The fourth-order valence-corrected chi connectivity index (χ4v) is 1.86. The van der Waals surface area contributed by atoms with E-state index >= 15 is 0 Å². The summed E-state index contributed by atoms with van der Waals surface area (Å²) in [6.45, 7) is 2.74. The van der Waals surface area contributed by atoms with Crippen LogP contribution in [-0.4, -0.2) is 32.3 Å². The predicted octanol–water partition coefficient (Wildman–Crippen LogP) is 1.46. The van der Waals surface area contributed by atoms with Crippen molar-refractivity contribution in [3.05, 3.63) is 29.8 Å². The van der Waals surface area contributed by atoms with Gasteiger partial charge in [-0.3, -0.25) is 4.79 Å². The molecule has 21 heavy (non-hydrogen) atoms. The maximum Gasteiger partial charge on any atom is 0.257 e. The molecule has 1 aliphatic carbocycles. The van der Waals surface area contributed by atoms with E-state index in [2.05, 4.69) is 5.32 Å². The largest absolute Gasteiger partial charge is 0.484 e. The van der Waals surface area contributed by atoms with E-state index < -0.39 is 0 Å². The molecule has 1 aliphatic rings. The quantitative estimate of drug-likeness (QED) is 0.640. The van der Waals surface area contributed by atoms with E-state index in [1.165, 1.54) is 12.8 Å². The molecule has 0 aromatic heterocycles. The SMILES string of the molecule is NCc1ccc(OCC(=O)NCCCOCC2CC2)cc1. The van der Waals surface area contributed by atoms with Crippen molar-refractivity contribution in [1.82, 2.24) is 5.32 Å². The first-order valence-electron chi connectivity index (χ1n) is 7.54. The first-order valence-corrected chi connectivity index (χ1v) is 7.54. The summed E-state index contributed by atoms with van der Waals surface area (Å²) >= 11 is 0. The van der Waals surface area contributed by atoms with Crippen molar-refractivity contribution >= 4 is 5.91 Å². The third-order valence-corrected chi connectivity index (χ3v) is 3.37. The van der Waals surface area contributed by atoms with Gasteiger partial charge in [0.05, 0.1) is 0 Å². The Labute approximate surface area is 125 Å². The molecule has 0 heterocycles. The molecular weight excluding hydrogens is 268 g/mol. The van der Waals surface area contributed by atoms with Crippen LogP contribution in [0.25, 0.3) is 0 Å². The second-order valence-corrected chi connectivity index (χ2v) is 5.36. The number of ether oxygens (including phenoxy) is 2. The average Bonchev–Trinajstić information content (AvgIpc) is 3.33. The first kappa shape index (κ1) is 15.8. The normalized spacial score (nSPS) is 14.0. The summed E-state index contributed by atoms with van der Waals surface area (Å²) in [4.78, 5) is 11.6. The Hall–Kier alpha value is -1.59. The van der Waals surface area contributed by atoms with Crippen LogP contribution >= 0.6 is 0 Å². The topological polar surface area (TPSA) is 73.6 Å². The van der Waals surface area contributed by atoms with E-state index in [9.17, 15) is 4.79 Å². The molecule has 1 amide bonds. The predicted molar refractivity (Wildman–Crippen MR) is 81.0 cm³/mol. The minimum absolute atomic E-state index is 0.0326. The van der Waals surface area contributed by atoms with E-state index in [0.717, 1.165) is 24.5 Å². The van der Waals surface area contributed by atoms with Crippen LogP contribution in [-0.2, 0) is 16.1 Å². The second kappa shape index (κ2) is 8.64. The van der Waals surface area contributed by atoms with E-state index in [1.54, 1.807) is 0 Å². The van der Waals surface area contributed by atoms with E-state index in [1.807, 2.05) is 24.3 Å². The fraction of sp³-hybridized carbons (Fsp3) is 0.562. The lowest BCUT2D eigenvalue weighted by Gasteiger charge is -2.08. The number of benzene rings is 1. The highest BCUT2D eigenvalue weighted by Gasteiger charge is 2.20. The summed E-state index contributed by atoms with van der Waals surface area (Å²) in [5, 5.41) is 2.82. The molecule has 3 N–H and O–H groups in total. The summed E-state index contributed by atoms with van der Waals surface area (Å²) in [6.07, 6.45) is 3.45. The maximum absolute atomic E-state index is 11.6.